The molecule has 134 valence electrons. The number of hydrogen-bond acceptors (Lipinski definition) is 4. The molecule has 2 saturated heterocycles. The Morgan fingerprint density at radius 1 is 1.28 bits per heavy atom. The molecule has 2 unspecified atom stereocenters. The lowest BCUT2D eigenvalue weighted by atomic mass is 9.90. The topological polar surface area (TPSA) is 59.4 Å². The Bertz CT molecular complexity index is 730. The number of piperidine rings is 1. The van der Waals surface area contributed by atoms with Gasteiger partial charge in [-0.15, -0.1) is 0 Å². The molecule has 25 heavy (non-hydrogen) atoms. The van der Waals surface area contributed by atoms with Gasteiger partial charge in [0.25, 0.3) is 0 Å². The van der Waals surface area contributed by atoms with E-state index in [1.807, 2.05) is 24.3 Å². The van der Waals surface area contributed by atoms with Crippen LogP contribution in [0.5, 0.6) is 0 Å². The van der Waals surface area contributed by atoms with E-state index in [2.05, 4.69) is 22.2 Å². The fourth-order valence-corrected chi connectivity index (χ4v) is 4.18. The van der Waals surface area contributed by atoms with Gasteiger partial charge in [-0.1, -0.05) is 31.5 Å². The van der Waals surface area contributed by atoms with Crippen LogP contribution in [-0.4, -0.2) is 58.6 Å². The van der Waals surface area contributed by atoms with E-state index < -0.39 is 0 Å². The average Bonchev–Trinajstić information content (AvgIpc) is 3.04. The highest BCUT2D eigenvalue weighted by Crippen LogP contribution is 2.28. The number of ether oxygens (including phenoxy) is 1. The van der Waals surface area contributed by atoms with Gasteiger partial charge in [-0.25, -0.2) is 4.79 Å². The number of amides is 1. The van der Waals surface area contributed by atoms with Crippen LogP contribution in [0.4, 0.5) is 4.79 Å². The monoisotopic (exact) mass is 342 g/mol. The zero-order chi connectivity index (χ0) is 17.2. The van der Waals surface area contributed by atoms with Crippen molar-refractivity contribution in [2.75, 3.05) is 19.8 Å². The van der Waals surface area contributed by atoms with Crippen molar-refractivity contribution in [1.29, 1.82) is 0 Å². The van der Waals surface area contributed by atoms with Crippen molar-refractivity contribution in [2.45, 2.75) is 50.7 Å². The van der Waals surface area contributed by atoms with Gasteiger partial charge in [-0.3, -0.25) is 4.90 Å². The highest BCUT2D eigenvalue weighted by molar-refractivity contribution is 5.89. The average molecular weight is 342 g/mol. The lowest BCUT2D eigenvalue weighted by molar-refractivity contribution is -0.0800. The summed E-state index contributed by atoms with van der Waals surface area (Å²) < 4.78 is 7.24. The molecule has 2 atom stereocenters. The number of carbonyl (C=O) groups is 1. The lowest BCUT2D eigenvalue weighted by Crippen LogP contribution is -2.61. The molecule has 2 aliphatic heterocycles. The van der Waals surface area contributed by atoms with Crippen LogP contribution in [-0.2, 0) is 4.74 Å². The first-order chi connectivity index (χ1) is 12.3. The van der Waals surface area contributed by atoms with Gasteiger partial charge in [0.1, 0.15) is 0 Å². The number of nitrogens with zero attached hydrogens (tertiary/aromatic N) is 3. The molecule has 0 saturated carbocycles. The molecule has 1 aromatic carbocycles. The summed E-state index contributed by atoms with van der Waals surface area (Å²) in [6, 6.07) is 8.68. The van der Waals surface area contributed by atoms with Crippen molar-refractivity contribution >= 4 is 16.9 Å². The van der Waals surface area contributed by atoms with Crippen LogP contribution in [0, 0.1) is 0 Å². The molecule has 6 heteroatoms. The van der Waals surface area contributed by atoms with Gasteiger partial charge < -0.3 is 10.1 Å². The minimum absolute atomic E-state index is 0.132. The molecule has 2 aromatic rings. The van der Waals surface area contributed by atoms with Crippen molar-refractivity contribution in [1.82, 2.24) is 20.0 Å². The van der Waals surface area contributed by atoms with Gasteiger partial charge in [0.15, 0.2) is 0 Å². The molecule has 0 radical (unpaired) electrons. The Kier molecular flexibility index (Phi) is 4.72. The van der Waals surface area contributed by atoms with Gasteiger partial charge in [-0.2, -0.15) is 9.78 Å². The molecule has 1 N–H and O–H groups in total. The maximum Gasteiger partial charge on any atom is 0.342 e. The second-order valence-electron chi connectivity index (χ2n) is 7.17. The molecule has 1 amide bonds. The van der Waals surface area contributed by atoms with Crippen molar-refractivity contribution in [3.8, 4) is 0 Å². The number of aromatic nitrogens is 2. The molecule has 1 aromatic heterocycles. The van der Waals surface area contributed by atoms with Crippen LogP contribution < -0.4 is 5.32 Å². The highest BCUT2D eigenvalue weighted by atomic mass is 16.5. The summed E-state index contributed by atoms with van der Waals surface area (Å²) in [6.45, 7) is 4.92. The summed E-state index contributed by atoms with van der Waals surface area (Å²) in [5, 5.41) is 8.44. The Hall–Kier alpha value is -1.92. The van der Waals surface area contributed by atoms with Crippen molar-refractivity contribution < 1.29 is 9.53 Å². The van der Waals surface area contributed by atoms with Gasteiger partial charge in [-0.05, 0) is 31.9 Å². The summed E-state index contributed by atoms with van der Waals surface area (Å²) >= 11 is 0. The van der Waals surface area contributed by atoms with E-state index in [9.17, 15) is 4.79 Å². The summed E-state index contributed by atoms with van der Waals surface area (Å²) in [5.41, 5.74) is 0.851. The number of fused-ring (bicyclic) bond motifs is 3. The fraction of sp³-hybridized carbons (Fsp3) is 0.579. The summed E-state index contributed by atoms with van der Waals surface area (Å²) in [6.07, 6.45) is 6.08. The first-order valence-electron chi connectivity index (χ1n) is 9.33. The van der Waals surface area contributed by atoms with Crippen molar-refractivity contribution in [3.63, 3.8) is 0 Å². The normalized spacial score (nSPS) is 26.7. The minimum atomic E-state index is -0.132. The standard InChI is InChI=1S/C19H26N4O2/c1-2-3-8-22-16-9-15(10-17(22)13-25-12-16)21-19(24)23-18-7-5-4-6-14(18)11-20-23/h4-7,11,15-17H,2-3,8-10,12-13H2,1H3,(H,21,24). The maximum atomic E-state index is 12.7. The maximum absolute atomic E-state index is 12.7. The van der Waals surface area contributed by atoms with Crippen molar-refractivity contribution in [2.24, 2.45) is 0 Å². The zero-order valence-corrected chi connectivity index (χ0v) is 14.7. The summed E-state index contributed by atoms with van der Waals surface area (Å²) in [5.74, 6) is 0. The number of morpholine rings is 1. The molecule has 2 aliphatic rings. The van der Waals surface area contributed by atoms with Crippen LogP contribution in [0.25, 0.3) is 10.9 Å². The predicted molar refractivity (Wildman–Crippen MR) is 96.7 cm³/mol. The Morgan fingerprint density at radius 2 is 2.04 bits per heavy atom. The quantitative estimate of drug-likeness (QED) is 0.928. The predicted octanol–water partition coefficient (Wildman–Crippen LogP) is 2.63. The molecule has 4 rings (SSSR count). The number of rotatable bonds is 4. The third-order valence-corrected chi connectivity index (χ3v) is 5.44. The van der Waals surface area contributed by atoms with Crippen LogP contribution >= 0.6 is 0 Å². The van der Waals surface area contributed by atoms with Crippen LogP contribution in [0.15, 0.2) is 30.5 Å². The Morgan fingerprint density at radius 3 is 2.80 bits per heavy atom. The fourth-order valence-electron chi connectivity index (χ4n) is 4.18. The SMILES string of the molecule is CCCCN1C2COCC1CC(NC(=O)n1ncc3ccccc31)C2. The van der Waals surface area contributed by atoms with Crippen molar-refractivity contribution in [3.05, 3.63) is 30.5 Å². The van der Waals surface area contributed by atoms with E-state index >= 15 is 0 Å². The summed E-state index contributed by atoms with van der Waals surface area (Å²) in [4.78, 5) is 15.3. The Labute approximate surface area is 148 Å². The lowest BCUT2D eigenvalue weighted by Gasteiger charge is -2.48. The van der Waals surface area contributed by atoms with E-state index in [1.54, 1.807) is 6.20 Å². The molecular weight excluding hydrogens is 316 g/mol. The number of benzene rings is 1. The number of para-hydroxylation sites is 1. The third-order valence-electron chi connectivity index (χ3n) is 5.44. The van der Waals surface area contributed by atoms with Crippen LogP contribution in [0.3, 0.4) is 0 Å². The number of nitrogens with one attached hydrogen (secondary N) is 1. The Balaban J connectivity index is 1.44. The van der Waals surface area contributed by atoms with Gasteiger partial charge in [0, 0.05) is 23.5 Å². The van der Waals surface area contributed by atoms with Gasteiger partial charge >= 0.3 is 6.03 Å². The second kappa shape index (κ2) is 7.14. The third kappa shape index (κ3) is 3.28. The number of carbonyl (C=O) groups excluding carboxylic acids is 1. The minimum Gasteiger partial charge on any atom is -0.378 e. The molecule has 0 spiro atoms. The number of hydrogen-bond donors (Lipinski definition) is 1. The summed E-state index contributed by atoms with van der Waals surface area (Å²) in [7, 11) is 0. The molecule has 0 aliphatic carbocycles. The van der Waals surface area contributed by atoms with E-state index in [0.717, 1.165) is 43.5 Å². The van der Waals surface area contributed by atoms with E-state index in [1.165, 1.54) is 17.5 Å². The smallest absolute Gasteiger partial charge is 0.342 e. The first kappa shape index (κ1) is 16.5. The first-order valence-corrected chi connectivity index (χ1v) is 9.33. The van der Waals surface area contributed by atoms with E-state index in [-0.39, 0.29) is 12.1 Å². The zero-order valence-electron chi connectivity index (χ0n) is 14.7. The molecular formula is C19H26N4O2. The largest absolute Gasteiger partial charge is 0.378 e. The van der Waals surface area contributed by atoms with E-state index in [0.29, 0.717) is 12.1 Å². The molecule has 3 heterocycles. The highest BCUT2D eigenvalue weighted by Gasteiger charge is 2.39. The molecule has 2 bridgehead atoms. The molecule has 6 nitrogen and oxygen atoms in total. The van der Waals surface area contributed by atoms with Gasteiger partial charge in [0.05, 0.1) is 24.9 Å². The van der Waals surface area contributed by atoms with Crippen LogP contribution in [0.2, 0.25) is 0 Å². The van der Waals surface area contributed by atoms with Crippen LogP contribution in [0.1, 0.15) is 32.6 Å². The molecule has 2 fully saturated rings. The number of unbranched alkanes of at least 4 members (excludes halogenated alkanes) is 1. The van der Waals surface area contributed by atoms with Gasteiger partial charge in [0.2, 0.25) is 0 Å². The second-order valence-corrected chi connectivity index (χ2v) is 7.17. The van der Waals surface area contributed by atoms with E-state index in [4.69, 9.17) is 4.74 Å².